The highest BCUT2D eigenvalue weighted by molar-refractivity contribution is 7.09. The summed E-state index contributed by atoms with van der Waals surface area (Å²) >= 11 is 1.11. The van der Waals surface area contributed by atoms with Gasteiger partial charge in [-0.15, -0.1) is 11.3 Å². The van der Waals surface area contributed by atoms with Crippen molar-refractivity contribution < 1.29 is 62.5 Å². The SMILES string of the molecule is CC[C@H](C)[C@H](CC(=O)[C@H]1CCCCN1C)C(=O)N(COC)[C@H](C[C@@H](OC(C)=O)c1nc(C(=O)N[C@@H](Cc2ccc(CC(=O)[C@H](CCCCC(N)=O)NC(=O)CCCN3C(=O)C=CC3=O)cc2)CC(C)C(=O)O)cs1)C(C)C. The molecule has 6 amide bonds. The second-order valence-electron chi connectivity index (χ2n) is 21.0. The number of carboxylic acids is 1. The van der Waals surface area contributed by atoms with Crippen LogP contribution in [0.25, 0.3) is 0 Å². The van der Waals surface area contributed by atoms with Crippen molar-refractivity contribution in [2.24, 2.45) is 29.4 Å². The molecular weight excluding hydrogens is 1010 g/mol. The van der Waals surface area contributed by atoms with E-state index in [1.165, 1.54) is 38.5 Å². The number of imide groups is 1. The molecule has 1 unspecified atom stereocenters. The number of methoxy groups -OCH3 is 1. The number of aromatic nitrogens is 1. The average molecular weight is 1090 g/mol. The summed E-state index contributed by atoms with van der Waals surface area (Å²) in [5, 5.41) is 17.5. The Morgan fingerprint density at radius 3 is 2.19 bits per heavy atom. The third kappa shape index (κ3) is 20.0. The van der Waals surface area contributed by atoms with Gasteiger partial charge in [-0.2, -0.15) is 0 Å². The van der Waals surface area contributed by atoms with Crippen molar-refractivity contribution in [3.63, 3.8) is 0 Å². The van der Waals surface area contributed by atoms with Crippen molar-refractivity contribution in [3.05, 3.63) is 63.6 Å². The lowest BCUT2D eigenvalue weighted by atomic mass is 9.82. The number of carboxylic acid groups (broad SMARTS) is 1. The molecule has 2 aliphatic rings. The number of thiazole rings is 1. The van der Waals surface area contributed by atoms with Gasteiger partial charge in [-0.05, 0) is 81.5 Å². The maximum atomic E-state index is 14.7. The number of ketones is 2. The van der Waals surface area contributed by atoms with Gasteiger partial charge in [0, 0.05) is 88.2 Å². The largest absolute Gasteiger partial charge is 0.481 e. The molecule has 2 aliphatic heterocycles. The molecule has 8 atom stereocenters. The molecule has 3 heterocycles. The van der Waals surface area contributed by atoms with Crippen LogP contribution in [0.1, 0.15) is 158 Å². The molecule has 4 rings (SSSR count). The van der Waals surface area contributed by atoms with Crippen molar-refractivity contribution in [2.45, 2.75) is 168 Å². The number of rotatable bonds is 34. The second-order valence-corrected chi connectivity index (χ2v) is 21.9. The Morgan fingerprint density at radius 1 is 0.922 bits per heavy atom. The minimum absolute atomic E-state index is 0.0169. The maximum Gasteiger partial charge on any atom is 0.306 e. The molecule has 2 aromatic rings. The highest BCUT2D eigenvalue weighted by Crippen LogP contribution is 2.34. The number of carbonyl (C=O) groups is 10. The second kappa shape index (κ2) is 31.3. The van der Waals surface area contributed by atoms with E-state index in [0.717, 1.165) is 47.6 Å². The number of aliphatic carboxylic acids is 1. The van der Waals surface area contributed by atoms with Crippen molar-refractivity contribution >= 4 is 70.3 Å². The van der Waals surface area contributed by atoms with Crippen molar-refractivity contribution in [1.82, 2.24) is 30.3 Å². The van der Waals surface area contributed by atoms with Gasteiger partial charge in [-0.25, -0.2) is 4.98 Å². The number of amides is 6. The third-order valence-electron chi connectivity index (χ3n) is 14.6. The van der Waals surface area contributed by atoms with E-state index in [1.54, 1.807) is 29.2 Å². The van der Waals surface area contributed by atoms with Gasteiger partial charge in [0.05, 0.1) is 18.0 Å². The number of piperidine rings is 1. The van der Waals surface area contributed by atoms with Crippen LogP contribution in [-0.2, 0) is 65.5 Å². The quantitative estimate of drug-likeness (QED) is 0.0291. The molecule has 0 spiro atoms. The minimum Gasteiger partial charge on any atom is -0.481 e. The normalized spacial score (nSPS) is 17.5. The first-order chi connectivity index (χ1) is 36.5. The van der Waals surface area contributed by atoms with Crippen LogP contribution in [-0.4, -0.2) is 142 Å². The Hall–Kier alpha value is -6.19. The van der Waals surface area contributed by atoms with Crippen LogP contribution in [0.4, 0.5) is 0 Å². The number of nitrogens with one attached hydrogen (secondary N) is 2. The van der Waals surface area contributed by atoms with E-state index in [0.29, 0.717) is 29.8 Å². The number of unbranched alkanes of at least 4 members (excludes halogenated alkanes) is 1. The van der Waals surface area contributed by atoms with Crippen LogP contribution in [0.2, 0.25) is 0 Å². The smallest absolute Gasteiger partial charge is 0.306 e. The Kier molecular flexibility index (Phi) is 25.7. The molecule has 1 fully saturated rings. The molecule has 21 heteroatoms. The summed E-state index contributed by atoms with van der Waals surface area (Å²) in [5.74, 6) is -6.24. The first-order valence-corrected chi connectivity index (χ1v) is 27.8. The predicted octanol–water partition coefficient (Wildman–Crippen LogP) is 5.50. The average Bonchev–Trinajstić information content (AvgIpc) is 4.00. The molecule has 0 aliphatic carbocycles. The molecule has 0 saturated carbocycles. The molecule has 1 saturated heterocycles. The Labute approximate surface area is 456 Å². The monoisotopic (exact) mass is 1090 g/mol. The summed E-state index contributed by atoms with van der Waals surface area (Å²) in [7, 11) is 3.44. The number of hydrogen-bond acceptors (Lipinski definition) is 15. The molecule has 424 valence electrons. The Morgan fingerprint density at radius 2 is 1.60 bits per heavy atom. The molecule has 20 nitrogen and oxygen atoms in total. The zero-order valence-electron chi connectivity index (χ0n) is 46.1. The van der Waals surface area contributed by atoms with Gasteiger partial charge < -0.3 is 35.8 Å². The molecule has 0 radical (unpaired) electrons. The van der Waals surface area contributed by atoms with Gasteiger partial charge in [0.1, 0.15) is 17.4 Å². The lowest BCUT2D eigenvalue weighted by Gasteiger charge is -2.39. The van der Waals surface area contributed by atoms with Gasteiger partial charge >= 0.3 is 11.9 Å². The van der Waals surface area contributed by atoms with Crippen molar-refractivity contribution in [3.8, 4) is 0 Å². The molecular formula is C56H81N7O13S. The van der Waals surface area contributed by atoms with E-state index in [2.05, 4.69) is 20.5 Å². The van der Waals surface area contributed by atoms with E-state index in [-0.39, 0.29) is 112 Å². The molecule has 5 N–H and O–H groups in total. The van der Waals surface area contributed by atoms with Crippen LogP contribution >= 0.6 is 11.3 Å². The van der Waals surface area contributed by atoms with Gasteiger partial charge in [-0.1, -0.05) is 78.1 Å². The van der Waals surface area contributed by atoms with E-state index < -0.39 is 77.5 Å². The van der Waals surface area contributed by atoms with Crippen molar-refractivity contribution in [1.29, 1.82) is 0 Å². The molecule has 0 bridgehead atoms. The highest BCUT2D eigenvalue weighted by Gasteiger charge is 2.39. The number of benzene rings is 1. The Balaban J connectivity index is 1.48. The molecule has 77 heavy (non-hydrogen) atoms. The number of carbonyl (C=O) groups excluding carboxylic acids is 9. The summed E-state index contributed by atoms with van der Waals surface area (Å²) in [5.41, 5.74) is 6.68. The van der Waals surface area contributed by atoms with E-state index in [4.69, 9.17) is 15.2 Å². The van der Waals surface area contributed by atoms with Gasteiger partial charge in [0.2, 0.25) is 17.7 Å². The van der Waals surface area contributed by atoms with Crippen LogP contribution < -0.4 is 16.4 Å². The predicted molar refractivity (Wildman–Crippen MR) is 288 cm³/mol. The van der Waals surface area contributed by atoms with Crippen LogP contribution in [0.5, 0.6) is 0 Å². The number of Topliss-reactive ketones (excluding diaryl/α,β-unsaturated/α-hetero) is 2. The van der Waals surface area contributed by atoms with Crippen molar-refractivity contribution in [2.75, 3.05) is 34.0 Å². The summed E-state index contributed by atoms with van der Waals surface area (Å²) in [6.07, 6.45) is 6.61. The lowest BCUT2D eigenvalue weighted by molar-refractivity contribution is -0.154. The third-order valence-corrected chi connectivity index (χ3v) is 15.5. The molecule has 1 aromatic carbocycles. The van der Waals surface area contributed by atoms with Crippen LogP contribution in [0.3, 0.4) is 0 Å². The van der Waals surface area contributed by atoms with Crippen LogP contribution in [0.15, 0.2) is 41.8 Å². The zero-order valence-corrected chi connectivity index (χ0v) is 46.9. The van der Waals surface area contributed by atoms with E-state index >= 15 is 0 Å². The number of likely N-dealkylation sites (tertiary alicyclic amines) is 1. The zero-order chi connectivity index (χ0) is 56.9. The summed E-state index contributed by atoms with van der Waals surface area (Å²) < 4.78 is 11.5. The number of esters is 1. The van der Waals surface area contributed by atoms with E-state index in [9.17, 15) is 53.1 Å². The van der Waals surface area contributed by atoms with Crippen LogP contribution in [0, 0.1) is 23.7 Å². The summed E-state index contributed by atoms with van der Waals surface area (Å²) in [6.45, 7) is 11.5. The standard InChI is InChI=1S/C56H81N7O13S/c1-9-35(4)41(30-47(66)44-16-12-13-25-61(44)7)55(72)63(33-75-8)45(34(2)3)31-48(76-37(6)64)54-60-43(32-77-54)53(71)58-40(27-36(5)56(73)74)28-38-19-21-39(22-20-38)29-46(65)42(15-10-11-17-49(57)67)59-50(68)18-14-26-62-51(69)23-24-52(62)70/h19-24,32,34-36,40-42,44-45,48H,9-18,25-31,33H2,1-8H3,(H2,57,67)(H,58,71)(H,59,68)(H,73,74)/t35-,36?,40+,41-,42-,44+,45+,48+/m0/s1. The fraction of sp³-hybridized carbons (Fsp3) is 0.625. The topological polar surface area (TPSA) is 282 Å². The van der Waals surface area contributed by atoms with Gasteiger partial charge in [-0.3, -0.25) is 57.7 Å². The number of nitrogens with zero attached hydrogens (tertiary/aromatic N) is 4. The van der Waals surface area contributed by atoms with Gasteiger partial charge in [0.25, 0.3) is 17.7 Å². The minimum atomic E-state index is -1.05. The fourth-order valence-corrected chi connectivity index (χ4v) is 10.7. The number of primary amides is 1. The first kappa shape index (κ1) is 63.3. The number of likely N-dealkylation sites (N-methyl/N-ethyl adjacent to an activating group) is 1. The molecule has 1 aromatic heterocycles. The maximum absolute atomic E-state index is 14.7. The summed E-state index contributed by atoms with van der Waals surface area (Å²) in [6, 6.07) is 4.68. The number of nitrogens with two attached hydrogens (primary N) is 1. The first-order valence-electron chi connectivity index (χ1n) is 26.9. The fourth-order valence-electron chi connectivity index (χ4n) is 9.90. The number of ether oxygens (including phenoxy) is 2. The number of hydrogen-bond donors (Lipinski definition) is 4. The highest BCUT2D eigenvalue weighted by atomic mass is 32.1. The van der Waals surface area contributed by atoms with E-state index in [1.807, 2.05) is 34.7 Å². The summed E-state index contributed by atoms with van der Waals surface area (Å²) in [4.78, 5) is 138. The Bertz CT molecular complexity index is 2390. The van der Waals surface area contributed by atoms with Gasteiger partial charge in [0.15, 0.2) is 17.7 Å². The lowest BCUT2D eigenvalue weighted by Crippen LogP contribution is -2.50.